The van der Waals surface area contributed by atoms with E-state index in [1.807, 2.05) is 32.0 Å². The summed E-state index contributed by atoms with van der Waals surface area (Å²) in [5.41, 5.74) is 2.59. The third-order valence-electron chi connectivity index (χ3n) is 3.37. The maximum absolute atomic E-state index is 11.9. The highest BCUT2D eigenvalue weighted by atomic mass is 16.6. The average molecular weight is 343 g/mol. The van der Waals surface area contributed by atoms with E-state index in [-0.39, 0.29) is 6.61 Å². The van der Waals surface area contributed by atoms with Crippen LogP contribution in [0.5, 0.6) is 11.5 Å². The van der Waals surface area contributed by atoms with Gasteiger partial charge in [0, 0.05) is 0 Å². The number of ether oxygens (including phenoxy) is 3. The van der Waals surface area contributed by atoms with Gasteiger partial charge in [-0.1, -0.05) is 23.8 Å². The van der Waals surface area contributed by atoms with Crippen LogP contribution >= 0.6 is 0 Å². The second-order valence-electron chi connectivity index (χ2n) is 5.51. The lowest BCUT2D eigenvalue weighted by atomic mass is 10.2. The molecule has 2 aromatic carbocycles. The number of benzene rings is 2. The molecule has 0 spiro atoms. The second kappa shape index (κ2) is 8.73. The third-order valence-corrected chi connectivity index (χ3v) is 3.37. The quantitative estimate of drug-likeness (QED) is 0.783. The van der Waals surface area contributed by atoms with Gasteiger partial charge in [0.05, 0.1) is 12.8 Å². The molecule has 0 aromatic heterocycles. The SMILES string of the molecule is COc1ccc(C)cc1NC(=O)COC(=O)COc1ccc(C)cc1. The zero-order valence-electron chi connectivity index (χ0n) is 14.5. The fourth-order valence-electron chi connectivity index (χ4n) is 2.07. The minimum absolute atomic E-state index is 0.260. The van der Waals surface area contributed by atoms with Crippen LogP contribution in [0.4, 0.5) is 5.69 Å². The molecule has 0 saturated heterocycles. The summed E-state index contributed by atoms with van der Waals surface area (Å²) in [6.07, 6.45) is 0. The standard InChI is InChI=1S/C19H21NO5/c1-13-4-7-15(8-5-13)24-12-19(22)25-11-18(21)20-16-10-14(2)6-9-17(16)23-3/h4-10H,11-12H2,1-3H3,(H,20,21). The fourth-order valence-corrected chi connectivity index (χ4v) is 2.07. The van der Waals surface area contributed by atoms with Crippen molar-refractivity contribution in [3.05, 3.63) is 53.6 Å². The van der Waals surface area contributed by atoms with Crippen molar-refractivity contribution in [1.82, 2.24) is 0 Å². The Morgan fingerprint density at radius 3 is 2.32 bits per heavy atom. The molecule has 2 rings (SSSR count). The summed E-state index contributed by atoms with van der Waals surface area (Å²) in [4.78, 5) is 23.6. The van der Waals surface area contributed by atoms with E-state index < -0.39 is 18.5 Å². The third kappa shape index (κ3) is 5.84. The smallest absolute Gasteiger partial charge is 0.344 e. The molecule has 25 heavy (non-hydrogen) atoms. The Hall–Kier alpha value is -3.02. The topological polar surface area (TPSA) is 73.9 Å². The Labute approximate surface area is 146 Å². The molecule has 0 aliphatic heterocycles. The molecule has 132 valence electrons. The molecule has 0 heterocycles. The summed E-state index contributed by atoms with van der Waals surface area (Å²) in [5, 5.41) is 2.66. The zero-order chi connectivity index (χ0) is 18.2. The van der Waals surface area contributed by atoms with Gasteiger partial charge in [-0.05, 0) is 43.7 Å². The molecule has 6 heteroatoms. The van der Waals surface area contributed by atoms with Crippen LogP contribution < -0.4 is 14.8 Å². The number of aryl methyl sites for hydroxylation is 2. The lowest BCUT2D eigenvalue weighted by Gasteiger charge is -2.11. The van der Waals surface area contributed by atoms with E-state index in [2.05, 4.69) is 5.32 Å². The van der Waals surface area contributed by atoms with Crippen molar-refractivity contribution in [2.45, 2.75) is 13.8 Å². The van der Waals surface area contributed by atoms with Crippen molar-refractivity contribution < 1.29 is 23.8 Å². The highest BCUT2D eigenvalue weighted by Gasteiger charge is 2.11. The first-order valence-corrected chi connectivity index (χ1v) is 7.77. The van der Waals surface area contributed by atoms with Crippen LogP contribution in [0, 0.1) is 13.8 Å². The number of nitrogens with one attached hydrogen (secondary N) is 1. The van der Waals surface area contributed by atoms with Crippen molar-refractivity contribution >= 4 is 17.6 Å². The van der Waals surface area contributed by atoms with Gasteiger partial charge in [-0.2, -0.15) is 0 Å². The molecule has 1 N–H and O–H groups in total. The summed E-state index contributed by atoms with van der Waals surface area (Å²) in [6, 6.07) is 12.7. The van der Waals surface area contributed by atoms with Gasteiger partial charge in [0.15, 0.2) is 13.2 Å². The van der Waals surface area contributed by atoms with Crippen molar-refractivity contribution in [3.63, 3.8) is 0 Å². The first-order chi connectivity index (χ1) is 12.0. The Morgan fingerprint density at radius 1 is 0.960 bits per heavy atom. The van der Waals surface area contributed by atoms with E-state index in [1.165, 1.54) is 7.11 Å². The van der Waals surface area contributed by atoms with Crippen molar-refractivity contribution in [2.75, 3.05) is 25.6 Å². The van der Waals surface area contributed by atoms with E-state index in [0.717, 1.165) is 11.1 Å². The minimum atomic E-state index is -0.619. The Kier molecular flexibility index (Phi) is 6.39. The van der Waals surface area contributed by atoms with Crippen LogP contribution in [0.3, 0.4) is 0 Å². The molecule has 0 radical (unpaired) electrons. The van der Waals surface area contributed by atoms with Crippen molar-refractivity contribution in [3.8, 4) is 11.5 Å². The molecule has 1 amide bonds. The van der Waals surface area contributed by atoms with Gasteiger partial charge in [0.25, 0.3) is 5.91 Å². The fraction of sp³-hybridized carbons (Fsp3) is 0.263. The molecular formula is C19H21NO5. The number of hydrogen-bond acceptors (Lipinski definition) is 5. The predicted molar refractivity (Wildman–Crippen MR) is 94.0 cm³/mol. The van der Waals surface area contributed by atoms with E-state index in [9.17, 15) is 9.59 Å². The normalized spacial score (nSPS) is 10.0. The number of hydrogen-bond donors (Lipinski definition) is 1. The maximum Gasteiger partial charge on any atom is 0.344 e. The molecule has 0 saturated carbocycles. The van der Waals surface area contributed by atoms with E-state index in [1.54, 1.807) is 24.3 Å². The monoisotopic (exact) mass is 343 g/mol. The highest BCUT2D eigenvalue weighted by Crippen LogP contribution is 2.25. The molecule has 0 aliphatic rings. The molecule has 0 fully saturated rings. The van der Waals surface area contributed by atoms with Gasteiger partial charge in [-0.15, -0.1) is 0 Å². The van der Waals surface area contributed by atoms with Gasteiger partial charge in [-0.3, -0.25) is 4.79 Å². The summed E-state index contributed by atoms with van der Waals surface area (Å²) < 4.78 is 15.4. The highest BCUT2D eigenvalue weighted by molar-refractivity contribution is 5.94. The maximum atomic E-state index is 11.9. The predicted octanol–water partition coefficient (Wildman–Crippen LogP) is 2.87. The second-order valence-corrected chi connectivity index (χ2v) is 5.51. The van der Waals surface area contributed by atoms with Crippen LogP contribution in [-0.2, 0) is 14.3 Å². The van der Waals surface area contributed by atoms with Gasteiger partial charge in [-0.25, -0.2) is 4.79 Å². The van der Waals surface area contributed by atoms with Gasteiger partial charge in [0.2, 0.25) is 0 Å². The Bertz CT molecular complexity index is 740. The molecule has 0 unspecified atom stereocenters. The molecule has 2 aromatic rings. The number of methoxy groups -OCH3 is 1. The summed E-state index contributed by atoms with van der Waals surface area (Å²) in [7, 11) is 1.52. The first kappa shape index (κ1) is 18.3. The number of carbonyl (C=O) groups excluding carboxylic acids is 2. The summed E-state index contributed by atoms with van der Waals surface area (Å²) in [5.74, 6) is 0.0315. The zero-order valence-corrected chi connectivity index (χ0v) is 14.5. The average Bonchev–Trinajstić information content (AvgIpc) is 2.59. The lowest BCUT2D eigenvalue weighted by molar-refractivity contribution is -0.149. The number of amides is 1. The summed E-state index contributed by atoms with van der Waals surface area (Å²) in [6.45, 7) is 3.20. The molecule has 6 nitrogen and oxygen atoms in total. The molecule has 0 atom stereocenters. The van der Waals surface area contributed by atoms with Crippen molar-refractivity contribution in [1.29, 1.82) is 0 Å². The van der Waals surface area contributed by atoms with Crippen LogP contribution in [0.15, 0.2) is 42.5 Å². The summed E-state index contributed by atoms with van der Waals surface area (Å²) >= 11 is 0. The molecular weight excluding hydrogens is 322 g/mol. The van der Waals surface area contributed by atoms with E-state index in [4.69, 9.17) is 14.2 Å². The first-order valence-electron chi connectivity index (χ1n) is 7.77. The lowest BCUT2D eigenvalue weighted by Crippen LogP contribution is -2.23. The van der Waals surface area contributed by atoms with Crippen LogP contribution in [0.25, 0.3) is 0 Å². The molecule has 0 bridgehead atoms. The number of carbonyl (C=O) groups is 2. The van der Waals surface area contributed by atoms with E-state index >= 15 is 0 Å². The van der Waals surface area contributed by atoms with Crippen LogP contribution in [0.1, 0.15) is 11.1 Å². The van der Waals surface area contributed by atoms with E-state index in [0.29, 0.717) is 17.2 Å². The minimum Gasteiger partial charge on any atom is -0.495 e. The van der Waals surface area contributed by atoms with Crippen LogP contribution in [-0.4, -0.2) is 32.2 Å². The number of esters is 1. The number of rotatable bonds is 7. The number of anilines is 1. The van der Waals surface area contributed by atoms with Gasteiger partial charge < -0.3 is 19.5 Å². The largest absolute Gasteiger partial charge is 0.495 e. The molecule has 0 aliphatic carbocycles. The van der Waals surface area contributed by atoms with Crippen LogP contribution in [0.2, 0.25) is 0 Å². The van der Waals surface area contributed by atoms with Gasteiger partial charge >= 0.3 is 5.97 Å². The van der Waals surface area contributed by atoms with Crippen molar-refractivity contribution in [2.24, 2.45) is 0 Å². The Balaban J connectivity index is 1.78. The van der Waals surface area contributed by atoms with Gasteiger partial charge in [0.1, 0.15) is 11.5 Å². The Morgan fingerprint density at radius 2 is 1.64 bits per heavy atom.